The molecular weight excluding hydrogens is 126 g/mol. The summed E-state index contributed by atoms with van der Waals surface area (Å²) in [5, 5.41) is 3.92. The van der Waals surface area contributed by atoms with Crippen molar-refractivity contribution in [1.29, 1.82) is 0 Å². The minimum absolute atomic E-state index is 0.670. The van der Waals surface area contributed by atoms with Crippen LogP contribution in [0.3, 0.4) is 0 Å². The summed E-state index contributed by atoms with van der Waals surface area (Å²) in [5.74, 6) is 0. The Balaban J connectivity index is 2.98. The van der Waals surface area contributed by atoms with Gasteiger partial charge in [-0.3, -0.25) is 10.1 Å². The first kappa shape index (κ1) is 6.81. The third-order valence-corrected chi connectivity index (χ3v) is 1.26. The molecule has 1 aromatic carbocycles. The maximum Gasteiger partial charge on any atom is 0.150 e. The van der Waals surface area contributed by atoms with Crippen LogP contribution in [0.15, 0.2) is 24.3 Å². The lowest BCUT2D eigenvalue weighted by Gasteiger charge is -1.95. The lowest BCUT2D eigenvalue weighted by molar-refractivity contribution is 0.112. The fourth-order valence-corrected chi connectivity index (χ4v) is 0.737. The van der Waals surface area contributed by atoms with E-state index in [2.05, 4.69) is 5.32 Å². The number of aldehydes is 1. The zero-order valence-electron chi connectivity index (χ0n) is 5.74. The number of hydrogen-bond donors (Lipinski definition) is 0. The zero-order chi connectivity index (χ0) is 7.40. The zero-order valence-corrected chi connectivity index (χ0v) is 5.74. The Morgan fingerprint density at radius 1 is 1.50 bits per heavy atom. The standard InChI is InChI=1S/C8H8NO/c1-9-8-4-2-3-7(5-8)6-10/h2-6H,1H3. The second-order valence-corrected chi connectivity index (χ2v) is 1.94. The molecule has 0 N–H and O–H groups in total. The maximum absolute atomic E-state index is 10.2. The highest BCUT2D eigenvalue weighted by molar-refractivity contribution is 5.76. The van der Waals surface area contributed by atoms with Gasteiger partial charge in [0.15, 0.2) is 0 Å². The van der Waals surface area contributed by atoms with Gasteiger partial charge in [0, 0.05) is 12.6 Å². The van der Waals surface area contributed by atoms with Gasteiger partial charge in [0.2, 0.25) is 0 Å². The molecule has 2 nitrogen and oxygen atoms in total. The van der Waals surface area contributed by atoms with Crippen LogP contribution in [-0.4, -0.2) is 13.3 Å². The normalized spacial score (nSPS) is 8.90. The monoisotopic (exact) mass is 134 g/mol. The van der Waals surface area contributed by atoms with Gasteiger partial charge < -0.3 is 0 Å². The molecule has 1 radical (unpaired) electrons. The summed E-state index contributed by atoms with van der Waals surface area (Å²) in [6.07, 6.45) is 0.814. The van der Waals surface area contributed by atoms with Gasteiger partial charge in [-0.15, -0.1) is 0 Å². The average Bonchev–Trinajstić information content (AvgIpc) is 2.05. The quantitative estimate of drug-likeness (QED) is 0.562. The van der Waals surface area contributed by atoms with Gasteiger partial charge in [0.1, 0.15) is 6.29 Å². The van der Waals surface area contributed by atoms with Crippen molar-refractivity contribution in [3.63, 3.8) is 0 Å². The molecule has 2 heteroatoms. The molecule has 1 aromatic rings. The van der Waals surface area contributed by atoms with Crippen molar-refractivity contribution < 1.29 is 4.79 Å². The summed E-state index contributed by atoms with van der Waals surface area (Å²) in [6, 6.07) is 7.16. The number of nitrogens with zero attached hydrogens (tertiary/aromatic N) is 1. The molecule has 1 rings (SSSR count). The van der Waals surface area contributed by atoms with Crippen LogP contribution < -0.4 is 5.32 Å². The van der Waals surface area contributed by atoms with Gasteiger partial charge >= 0.3 is 0 Å². The minimum Gasteiger partial charge on any atom is -0.298 e. The van der Waals surface area contributed by atoms with Crippen molar-refractivity contribution in [3.05, 3.63) is 29.8 Å². The van der Waals surface area contributed by atoms with Crippen molar-refractivity contribution in [2.24, 2.45) is 0 Å². The Bertz CT molecular complexity index is 232. The van der Waals surface area contributed by atoms with Gasteiger partial charge in [0.05, 0.1) is 5.69 Å². The first-order chi connectivity index (χ1) is 4.86. The molecule has 10 heavy (non-hydrogen) atoms. The van der Waals surface area contributed by atoms with E-state index in [1.165, 1.54) is 0 Å². The van der Waals surface area contributed by atoms with Crippen molar-refractivity contribution in [2.75, 3.05) is 7.05 Å². The summed E-state index contributed by atoms with van der Waals surface area (Å²) < 4.78 is 0. The smallest absolute Gasteiger partial charge is 0.150 e. The van der Waals surface area contributed by atoms with Crippen molar-refractivity contribution >= 4 is 12.0 Å². The Morgan fingerprint density at radius 2 is 2.30 bits per heavy atom. The highest BCUT2D eigenvalue weighted by Crippen LogP contribution is 2.07. The van der Waals surface area contributed by atoms with Gasteiger partial charge in [-0.1, -0.05) is 12.1 Å². The van der Waals surface area contributed by atoms with E-state index in [1.54, 1.807) is 19.2 Å². The summed E-state index contributed by atoms with van der Waals surface area (Å²) in [5.41, 5.74) is 1.51. The molecule has 0 aliphatic heterocycles. The van der Waals surface area contributed by atoms with E-state index in [0.29, 0.717) is 5.56 Å². The molecule has 0 bridgehead atoms. The highest BCUT2D eigenvalue weighted by atomic mass is 16.1. The molecule has 0 fully saturated rings. The Morgan fingerprint density at radius 3 is 2.90 bits per heavy atom. The minimum atomic E-state index is 0.670. The van der Waals surface area contributed by atoms with Crippen molar-refractivity contribution in [3.8, 4) is 0 Å². The number of benzene rings is 1. The molecule has 0 amide bonds. The fraction of sp³-hybridized carbons (Fsp3) is 0.125. The molecule has 0 aliphatic carbocycles. The molecule has 0 spiro atoms. The summed E-state index contributed by atoms with van der Waals surface area (Å²) >= 11 is 0. The first-order valence-corrected chi connectivity index (χ1v) is 3.02. The van der Waals surface area contributed by atoms with Gasteiger partial charge in [-0.05, 0) is 12.1 Å². The van der Waals surface area contributed by atoms with E-state index in [9.17, 15) is 4.79 Å². The summed E-state index contributed by atoms with van der Waals surface area (Å²) in [6.45, 7) is 0. The second kappa shape index (κ2) is 3.01. The largest absolute Gasteiger partial charge is 0.298 e. The lowest BCUT2D eigenvalue weighted by atomic mass is 10.2. The molecule has 0 saturated heterocycles. The SMILES string of the molecule is C[N]c1cccc(C=O)c1. The van der Waals surface area contributed by atoms with Crippen LogP contribution in [0.1, 0.15) is 10.4 Å². The molecule has 51 valence electrons. The van der Waals surface area contributed by atoms with Gasteiger partial charge in [-0.25, -0.2) is 0 Å². The first-order valence-electron chi connectivity index (χ1n) is 3.02. The van der Waals surface area contributed by atoms with Gasteiger partial charge in [0.25, 0.3) is 0 Å². The molecule has 0 saturated carbocycles. The summed E-state index contributed by atoms with van der Waals surface area (Å²) in [7, 11) is 1.70. The number of rotatable bonds is 2. The molecule has 0 aromatic heterocycles. The summed E-state index contributed by atoms with van der Waals surface area (Å²) in [4.78, 5) is 10.2. The van der Waals surface area contributed by atoms with Gasteiger partial charge in [-0.2, -0.15) is 0 Å². The van der Waals surface area contributed by atoms with Crippen LogP contribution in [0.4, 0.5) is 5.69 Å². The maximum atomic E-state index is 10.2. The third kappa shape index (κ3) is 1.35. The van der Waals surface area contributed by atoms with E-state index >= 15 is 0 Å². The van der Waals surface area contributed by atoms with Crippen molar-refractivity contribution in [2.45, 2.75) is 0 Å². The number of carbonyl (C=O) groups excluding carboxylic acids is 1. The van der Waals surface area contributed by atoms with E-state index in [0.717, 1.165) is 12.0 Å². The van der Waals surface area contributed by atoms with E-state index in [4.69, 9.17) is 0 Å². The van der Waals surface area contributed by atoms with Crippen LogP contribution in [-0.2, 0) is 0 Å². The number of hydrogen-bond acceptors (Lipinski definition) is 1. The third-order valence-electron chi connectivity index (χ3n) is 1.26. The lowest BCUT2D eigenvalue weighted by Crippen LogP contribution is -1.87. The Hall–Kier alpha value is -1.31. The predicted molar refractivity (Wildman–Crippen MR) is 39.5 cm³/mol. The predicted octanol–water partition coefficient (Wildman–Crippen LogP) is 1.36. The molecular formula is C8H8NO. The number of carbonyl (C=O) groups is 1. The second-order valence-electron chi connectivity index (χ2n) is 1.94. The van der Waals surface area contributed by atoms with E-state index < -0.39 is 0 Å². The Labute approximate surface area is 59.9 Å². The van der Waals surface area contributed by atoms with Crippen LogP contribution in [0, 0.1) is 0 Å². The van der Waals surface area contributed by atoms with Crippen molar-refractivity contribution in [1.82, 2.24) is 5.32 Å². The average molecular weight is 134 g/mol. The van der Waals surface area contributed by atoms with Crippen LogP contribution in [0.2, 0.25) is 0 Å². The topological polar surface area (TPSA) is 31.2 Å². The Kier molecular flexibility index (Phi) is 2.05. The van der Waals surface area contributed by atoms with Crippen LogP contribution in [0.25, 0.3) is 0 Å². The van der Waals surface area contributed by atoms with E-state index in [-0.39, 0.29) is 0 Å². The van der Waals surface area contributed by atoms with E-state index in [1.807, 2.05) is 12.1 Å². The molecule has 0 aliphatic rings. The molecule has 0 atom stereocenters. The van der Waals surface area contributed by atoms with Crippen LogP contribution >= 0.6 is 0 Å². The van der Waals surface area contributed by atoms with Crippen LogP contribution in [0.5, 0.6) is 0 Å². The molecule has 0 heterocycles. The molecule has 0 unspecified atom stereocenters. The fourth-order valence-electron chi connectivity index (χ4n) is 0.737. The highest BCUT2D eigenvalue weighted by Gasteiger charge is 1.90.